The molecule has 0 radical (unpaired) electrons. The minimum absolute atomic E-state index is 0.0836. The molecule has 0 aliphatic carbocycles. The van der Waals surface area contributed by atoms with E-state index in [4.69, 9.17) is 22.1 Å². The molecule has 1 heterocycles. The molecule has 0 unspecified atom stereocenters. The van der Waals surface area contributed by atoms with Gasteiger partial charge in [-0.15, -0.1) is 0 Å². The lowest BCUT2D eigenvalue weighted by Gasteiger charge is -2.13. The number of hydrogen-bond acceptors (Lipinski definition) is 5. The highest BCUT2D eigenvalue weighted by Crippen LogP contribution is 2.29. The maximum absolute atomic E-state index is 12.2. The topological polar surface area (TPSA) is 90.1 Å². The van der Waals surface area contributed by atoms with Gasteiger partial charge in [0.05, 0.1) is 21.4 Å². The molecule has 1 aromatic heterocycles. The van der Waals surface area contributed by atoms with Crippen molar-refractivity contribution in [3.05, 3.63) is 44.6 Å². The Hall–Kier alpha value is -1.86. The molecule has 2 rings (SSSR count). The molecule has 0 fully saturated rings. The second kappa shape index (κ2) is 7.61. The molecular weight excluding hydrogens is 384 g/mol. The van der Waals surface area contributed by atoms with E-state index in [-0.39, 0.29) is 18.5 Å². The van der Waals surface area contributed by atoms with Gasteiger partial charge < -0.3 is 15.8 Å². The lowest BCUT2D eigenvalue weighted by molar-refractivity contribution is 0.0951. The summed E-state index contributed by atoms with van der Waals surface area (Å²) in [6, 6.07) is 5.17. The smallest absolute Gasteiger partial charge is 0.255 e. The van der Waals surface area contributed by atoms with E-state index in [1.54, 1.807) is 25.1 Å². The molecule has 0 spiro atoms. The molecule has 0 aliphatic heterocycles. The third-order valence-electron chi connectivity index (χ3n) is 3.00. The minimum atomic E-state index is -0.251. The fourth-order valence-electron chi connectivity index (χ4n) is 2.04. The van der Waals surface area contributed by atoms with Gasteiger partial charge in [0, 0.05) is 11.6 Å². The molecule has 23 heavy (non-hydrogen) atoms. The van der Waals surface area contributed by atoms with Gasteiger partial charge in [-0.2, -0.15) is 0 Å². The second-order valence-corrected chi connectivity index (χ2v) is 6.00. The number of aryl methyl sites for hydroxylation is 1. The molecule has 2 aromatic rings. The van der Waals surface area contributed by atoms with Crippen molar-refractivity contribution in [2.24, 2.45) is 0 Å². The first-order valence-corrected chi connectivity index (χ1v) is 8.08. The number of benzene rings is 1. The summed E-state index contributed by atoms with van der Waals surface area (Å²) >= 11 is 9.28. The largest absolute Gasteiger partial charge is 0.486 e. The molecule has 122 valence electrons. The third kappa shape index (κ3) is 4.33. The summed E-state index contributed by atoms with van der Waals surface area (Å²) in [6.45, 7) is 4.14. The van der Waals surface area contributed by atoms with Crippen LogP contribution in [0.25, 0.3) is 0 Å². The van der Waals surface area contributed by atoms with Gasteiger partial charge in [-0.25, -0.2) is 9.97 Å². The molecule has 8 heteroatoms. The number of nitrogens with two attached hydrogens (primary N) is 1. The quantitative estimate of drug-likeness (QED) is 0.806. The number of rotatable bonds is 5. The van der Waals surface area contributed by atoms with Crippen molar-refractivity contribution in [3.63, 3.8) is 0 Å². The summed E-state index contributed by atoms with van der Waals surface area (Å²) in [7, 11) is 0. The summed E-state index contributed by atoms with van der Waals surface area (Å²) < 4.78 is 6.44. The van der Waals surface area contributed by atoms with Crippen molar-refractivity contribution in [3.8, 4) is 5.75 Å². The monoisotopic (exact) mass is 398 g/mol. The lowest BCUT2D eigenvalue weighted by atomic mass is 10.1. The van der Waals surface area contributed by atoms with Crippen LogP contribution in [-0.2, 0) is 6.61 Å². The highest BCUT2D eigenvalue weighted by molar-refractivity contribution is 9.10. The number of anilines is 1. The van der Waals surface area contributed by atoms with Crippen molar-refractivity contribution in [2.45, 2.75) is 20.5 Å². The van der Waals surface area contributed by atoms with Crippen molar-refractivity contribution in [1.29, 1.82) is 0 Å². The van der Waals surface area contributed by atoms with Crippen LogP contribution in [-0.4, -0.2) is 22.4 Å². The van der Waals surface area contributed by atoms with E-state index in [0.717, 1.165) is 0 Å². The van der Waals surface area contributed by atoms with Crippen LogP contribution in [0.4, 0.5) is 5.95 Å². The van der Waals surface area contributed by atoms with Crippen LogP contribution in [0.1, 0.15) is 28.7 Å². The number of aromatic nitrogens is 2. The van der Waals surface area contributed by atoms with E-state index in [1.165, 1.54) is 0 Å². The summed E-state index contributed by atoms with van der Waals surface area (Å²) in [6.07, 6.45) is 0. The Bertz CT molecular complexity index is 740. The number of ether oxygens (including phenoxy) is 1. The highest BCUT2D eigenvalue weighted by atomic mass is 79.9. The summed E-state index contributed by atoms with van der Waals surface area (Å²) in [5.41, 5.74) is 7.01. The molecule has 0 saturated carbocycles. The normalized spacial score (nSPS) is 10.4. The van der Waals surface area contributed by atoms with Gasteiger partial charge in [0.2, 0.25) is 5.95 Å². The zero-order valence-corrected chi connectivity index (χ0v) is 15.0. The zero-order valence-electron chi connectivity index (χ0n) is 12.7. The van der Waals surface area contributed by atoms with Crippen LogP contribution in [0, 0.1) is 6.92 Å². The first kappa shape index (κ1) is 17.5. The highest BCUT2D eigenvalue weighted by Gasteiger charge is 2.18. The molecule has 1 aromatic carbocycles. The Kier molecular flexibility index (Phi) is 5.79. The first-order chi connectivity index (χ1) is 10.9. The maximum Gasteiger partial charge on any atom is 0.255 e. The van der Waals surface area contributed by atoms with Crippen molar-refractivity contribution < 1.29 is 9.53 Å². The van der Waals surface area contributed by atoms with Crippen molar-refractivity contribution in [2.75, 3.05) is 12.3 Å². The summed E-state index contributed by atoms with van der Waals surface area (Å²) in [5, 5.41) is 3.33. The van der Waals surface area contributed by atoms with Crippen molar-refractivity contribution >= 4 is 39.4 Å². The Balaban J connectivity index is 2.29. The molecular formula is C15H16BrClN4O2. The molecule has 0 atom stereocenters. The SMILES string of the molecule is CCNC(=O)c1c(C)nc(N)nc1COc1ccc(Cl)cc1Br. The molecule has 0 aliphatic rings. The summed E-state index contributed by atoms with van der Waals surface area (Å²) in [5.74, 6) is 0.439. The predicted molar refractivity (Wildman–Crippen MR) is 92.7 cm³/mol. The third-order valence-corrected chi connectivity index (χ3v) is 3.86. The van der Waals surface area contributed by atoms with Gasteiger partial charge >= 0.3 is 0 Å². The maximum atomic E-state index is 12.2. The van der Waals surface area contributed by atoms with Gasteiger partial charge in [0.25, 0.3) is 5.91 Å². The zero-order chi connectivity index (χ0) is 17.0. The Morgan fingerprint density at radius 2 is 2.17 bits per heavy atom. The number of amides is 1. The van der Waals surface area contributed by atoms with Crippen LogP contribution in [0.5, 0.6) is 5.75 Å². The van der Waals surface area contributed by atoms with E-state index < -0.39 is 0 Å². The molecule has 6 nitrogen and oxygen atoms in total. The van der Waals surface area contributed by atoms with E-state index in [2.05, 4.69) is 31.2 Å². The predicted octanol–water partition coefficient (Wildman–Crippen LogP) is 3.11. The average molecular weight is 400 g/mol. The Labute approximate surface area is 147 Å². The Morgan fingerprint density at radius 1 is 1.43 bits per heavy atom. The number of halogens is 2. The average Bonchev–Trinajstić information content (AvgIpc) is 2.45. The fraction of sp³-hybridized carbons (Fsp3) is 0.267. The van der Waals surface area contributed by atoms with Crippen LogP contribution in [0.2, 0.25) is 5.02 Å². The first-order valence-electron chi connectivity index (χ1n) is 6.91. The van der Waals surface area contributed by atoms with Gasteiger partial charge in [-0.1, -0.05) is 11.6 Å². The summed E-state index contributed by atoms with van der Waals surface area (Å²) in [4.78, 5) is 20.4. The number of carbonyl (C=O) groups is 1. The van der Waals surface area contributed by atoms with Crippen LogP contribution in [0.15, 0.2) is 22.7 Å². The van der Waals surface area contributed by atoms with Crippen LogP contribution >= 0.6 is 27.5 Å². The molecule has 0 bridgehead atoms. The number of nitrogen functional groups attached to an aromatic ring is 1. The molecule has 0 saturated heterocycles. The molecule has 1 amide bonds. The van der Waals surface area contributed by atoms with Gasteiger partial charge in [0.15, 0.2) is 0 Å². The lowest BCUT2D eigenvalue weighted by Crippen LogP contribution is -2.26. The van der Waals surface area contributed by atoms with E-state index in [1.807, 2.05) is 6.92 Å². The van der Waals surface area contributed by atoms with E-state index >= 15 is 0 Å². The standard InChI is InChI=1S/C15H16BrClN4O2/c1-3-19-14(22)13-8(2)20-15(18)21-11(13)7-23-12-5-4-9(17)6-10(12)16/h4-6H,3,7H2,1-2H3,(H,19,22)(H2,18,20,21). The number of nitrogens with one attached hydrogen (secondary N) is 1. The number of nitrogens with zero attached hydrogens (tertiary/aromatic N) is 2. The van der Waals surface area contributed by atoms with Crippen molar-refractivity contribution in [1.82, 2.24) is 15.3 Å². The number of hydrogen-bond donors (Lipinski definition) is 2. The fourth-order valence-corrected chi connectivity index (χ4v) is 2.84. The van der Waals surface area contributed by atoms with Crippen LogP contribution < -0.4 is 15.8 Å². The minimum Gasteiger partial charge on any atom is -0.486 e. The van der Waals surface area contributed by atoms with Gasteiger partial charge in [-0.3, -0.25) is 4.79 Å². The van der Waals surface area contributed by atoms with Crippen LogP contribution in [0.3, 0.4) is 0 Å². The Morgan fingerprint density at radius 3 is 2.83 bits per heavy atom. The van der Waals surface area contributed by atoms with E-state index in [9.17, 15) is 4.79 Å². The number of carbonyl (C=O) groups excluding carboxylic acids is 1. The molecule has 3 N–H and O–H groups in total. The second-order valence-electron chi connectivity index (χ2n) is 4.71. The van der Waals surface area contributed by atoms with E-state index in [0.29, 0.717) is 38.7 Å². The van der Waals surface area contributed by atoms with Gasteiger partial charge in [-0.05, 0) is 48.0 Å². The van der Waals surface area contributed by atoms with Gasteiger partial charge in [0.1, 0.15) is 12.4 Å².